The zero-order chi connectivity index (χ0) is 20.0. The molecule has 1 aromatic rings. The van der Waals surface area contributed by atoms with Gasteiger partial charge in [-0.15, -0.1) is 0 Å². The number of esters is 1. The Morgan fingerprint density at radius 3 is 2.57 bits per heavy atom. The lowest BCUT2D eigenvalue weighted by Crippen LogP contribution is -2.32. The lowest BCUT2D eigenvalue weighted by atomic mass is 9.82. The Balaban J connectivity index is 1.57. The number of imide groups is 1. The molecule has 0 radical (unpaired) electrons. The third-order valence-corrected chi connectivity index (χ3v) is 5.96. The fourth-order valence-electron chi connectivity index (χ4n) is 4.76. The van der Waals surface area contributed by atoms with Crippen LogP contribution < -0.4 is 4.90 Å². The van der Waals surface area contributed by atoms with Crippen LogP contribution in [0.1, 0.15) is 25.8 Å². The summed E-state index contributed by atoms with van der Waals surface area (Å²) in [5, 5.41) is 9.13. The monoisotopic (exact) mass is 376 g/mol. The van der Waals surface area contributed by atoms with Gasteiger partial charge in [-0.3, -0.25) is 14.5 Å². The quantitative estimate of drug-likeness (QED) is 0.265. The van der Waals surface area contributed by atoms with E-state index in [-0.39, 0.29) is 47.7 Å². The van der Waals surface area contributed by atoms with E-state index in [1.807, 2.05) is 13.0 Å². The summed E-state index contributed by atoms with van der Waals surface area (Å²) < 4.78 is 4.85. The van der Waals surface area contributed by atoms with Crippen LogP contribution in [0.25, 0.3) is 6.08 Å². The highest BCUT2D eigenvalue weighted by Crippen LogP contribution is 2.55. The number of nitriles is 1. The fraction of sp³-hybridized carbons (Fsp3) is 0.364. The number of fused-ring (bicyclic) bond motifs is 5. The Morgan fingerprint density at radius 2 is 1.93 bits per heavy atom. The van der Waals surface area contributed by atoms with E-state index in [4.69, 9.17) is 10.00 Å². The van der Waals surface area contributed by atoms with Gasteiger partial charge in [0.1, 0.15) is 11.6 Å². The zero-order valence-electron chi connectivity index (χ0n) is 15.7. The van der Waals surface area contributed by atoms with E-state index >= 15 is 0 Å². The van der Waals surface area contributed by atoms with Gasteiger partial charge in [0, 0.05) is 0 Å². The molecule has 0 aromatic heterocycles. The highest BCUT2D eigenvalue weighted by molar-refractivity contribution is 6.22. The Bertz CT molecular complexity index is 967. The Labute approximate surface area is 163 Å². The number of amides is 2. The van der Waals surface area contributed by atoms with Gasteiger partial charge < -0.3 is 4.74 Å². The van der Waals surface area contributed by atoms with E-state index < -0.39 is 5.97 Å². The van der Waals surface area contributed by atoms with Gasteiger partial charge in [-0.2, -0.15) is 5.26 Å². The standard InChI is InChI=1S/C22H20N2O4/c1-3-28-22(27)15(11-23)9-13-4-6-16(7-5-13)24-20(25)18-14-8-12(2)17(10-14)19(18)21(24)26/h4-9,14,17-19H,3,10H2,1-2H3/b15-9+/t14-,17+,18+,19+/m1/s1. The Kier molecular flexibility index (Phi) is 4.38. The number of nitrogens with zero attached hydrogens (tertiary/aromatic N) is 2. The molecule has 6 heteroatoms. The van der Waals surface area contributed by atoms with E-state index in [9.17, 15) is 14.4 Å². The molecule has 3 aliphatic rings. The molecule has 4 rings (SSSR count). The number of hydrogen-bond donors (Lipinski definition) is 0. The second-order valence-electron chi connectivity index (χ2n) is 7.46. The first-order valence-electron chi connectivity index (χ1n) is 9.41. The number of benzene rings is 1. The molecule has 2 fully saturated rings. The van der Waals surface area contributed by atoms with Gasteiger partial charge in [-0.05, 0) is 55.9 Å². The van der Waals surface area contributed by atoms with Crippen LogP contribution in [-0.2, 0) is 19.1 Å². The van der Waals surface area contributed by atoms with Crippen LogP contribution in [0.4, 0.5) is 5.69 Å². The lowest BCUT2D eigenvalue weighted by molar-refractivity contribution is -0.138. The van der Waals surface area contributed by atoms with Crippen molar-refractivity contribution >= 4 is 29.5 Å². The van der Waals surface area contributed by atoms with Crippen molar-refractivity contribution in [1.29, 1.82) is 5.26 Å². The summed E-state index contributed by atoms with van der Waals surface area (Å²) in [6.45, 7) is 3.90. The summed E-state index contributed by atoms with van der Waals surface area (Å²) in [5.41, 5.74) is 2.26. The average molecular weight is 376 g/mol. The molecule has 1 aliphatic heterocycles. The van der Waals surface area contributed by atoms with Gasteiger partial charge in [0.05, 0.1) is 24.1 Å². The van der Waals surface area contributed by atoms with E-state index in [0.717, 1.165) is 6.42 Å². The van der Waals surface area contributed by atoms with Crippen molar-refractivity contribution in [1.82, 2.24) is 0 Å². The smallest absolute Gasteiger partial charge is 0.348 e. The summed E-state index contributed by atoms with van der Waals surface area (Å²) in [7, 11) is 0. The molecule has 2 aliphatic carbocycles. The summed E-state index contributed by atoms with van der Waals surface area (Å²) >= 11 is 0. The van der Waals surface area contributed by atoms with E-state index in [2.05, 4.69) is 6.08 Å². The molecular formula is C22H20N2O4. The molecule has 2 amide bonds. The summed E-state index contributed by atoms with van der Waals surface area (Å²) in [4.78, 5) is 38.9. The van der Waals surface area contributed by atoms with Gasteiger partial charge in [0.15, 0.2) is 0 Å². The molecule has 142 valence electrons. The topological polar surface area (TPSA) is 87.5 Å². The Hall–Kier alpha value is -3.20. The van der Waals surface area contributed by atoms with Crippen molar-refractivity contribution in [3.8, 4) is 6.07 Å². The number of hydrogen-bond acceptors (Lipinski definition) is 5. The van der Waals surface area contributed by atoms with Gasteiger partial charge in [-0.1, -0.05) is 23.8 Å². The van der Waals surface area contributed by atoms with Gasteiger partial charge in [-0.25, -0.2) is 4.79 Å². The normalized spacial score (nSPS) is 28.2. The van der Waals surface area contributed by atoms with Crippen molar-refractivity contribution in [2.45, 2.75) is 20.3 Å². The zero-order valence-corrected chi connectivity index (χ0v) is 15.7. The predicted molar refractivity (Wildman–Crippen MR) is 101 cm³/mol. The molecule has 0 spiro atoms. The number of ether oxygens (including phenoxy) is 1. The Morgan fingerprint density at radius 1 is 1.25 bits per heavy atom. The average Bonchev–Trinajstić information content (AvgIpc) is 3.31. The molecule has 28 heavy (non-hydrogen) atoms. The van der Waals surface area contributed by atoms with Crippen molar-refractivity contribution < 1.29 is 19.1 Å². The molecule has 1 saturated carbocycles. The first kappa shape index (κ1) is 18.2. The molecule has 0 N–H and O–H groups in total. The van der Waals surface area contributed by atoms with Crippen LogP contribution in [-0.4, -0.2) is 24.4 Å². The van der Waals surface area contributed by atoms with E-state index in [1.165, 1.54) is 16.5 Å². The molecule has 1 heterocycles. The van der Waals surface area contributed by atoms with Crippen LogP contribution in [0, 0.1) is 35.0 Å². The highest BCUT2D eigenvalue weighted by Gasteiger charge is 2.60. The van der Waals surface area contributed by atoms with Crippen LogP contribution in [0.2, 0.25) is 0 Å². The third-order valence-electron chi connectivity index (χ3n) is 5.96. The van der Waals surface area contributed by atoms with Gasteiger partial charge in [0.25, 0.3) is 0 Å². The number of rotatable bonds is 4. The van der Waals surface area contributed by atoms with E-state index in [0.29, 0.717) is 11.3 Å². The molecule has 6 nitrogen and oxygen atoms in total. The van der Waals surface area contributed by atoms with Crippen LogP contribution in [0.3, 0.4) is 0 Å². The minimum absolute atomic E-state index is 0.101. The molecular weight excluding hydrogens is 356 g/mol. The first-order valence-corrected chi connectivity index (χ1v) is 9.41. The van der Waals surface area contributed by atoms with Crippen LogP contribution >= 0.6 is 0 Å². The van der Waals surface area contributed by atoms with Gasteiger partial charge in [0.2, 0.25) is 11.8 Å². The first-order chi connectivity index (χ1) is 13.5. The molecule has 4 atom stereocenters. The number of carbonyl (C=O) groups is 3. The minimum atomic E-state index is -0.676. The van der Waals surface area contributed by atoms with Gasteiger partial charge >= 0.3 is 5.97 Å². The lowest BCUT2D eigenvalue weighted by Gasteiger charge is -2.19. The summed E-state index contributed by atoms with van der Waals surface area (Å²) in [6, 6.07) is 8.53. The fourth-order valence-corrected chi connectivity index (χ4v) is 4.76. The van der Waals surface area contributed by atoms with Crippen molar-refractivity contribution in [3.05, 3.63) is 47.1 Å². The highest BCUT2D eigenvalue weighted by atomic mass is 16.5. The second kappa shape index (κ2) is 6.75. The third kappa shape index (κ3) is 2.66. The number of anilines is 1. The molecule has 1 saturated heterocycles. The van der Waals surface area contributed by atoms with Crippen LogP contribution in [0.5, 0.6) is 0 Å². The maximum atomic E-state index is 13.0. The molecule has 1 aromatic carbocycles. The predicted octanol–water partition coefficient (Wildman–Crippen LogP) is 2.86. The largest absolute Gasteiger partial charge is 0.462 e. The number of allylic oxidation sites excluding steroid dienone is 2. The maximum Gasteiger partial charge on any atom is 0.348 e. The van der Waals surface area contributed by atoms with Crippen LogP contribution in [0.15, 0.2) is 41.5 Å². The van der Waals surface area contributed by atoms with Crippen molar-refractivity contribution in [3.63, 3.8) is 0 Å². The second-order valence-corrected chi connectivity index (χ2v) is 7.46. The van der Waals surface area contributed by atoms with Crippen molar-refractivity contribution in [2.24, 2.45) is 23.7 Å². The molecule has 0 unspecified atom stereocenters. The minimum Gasteiger partial charge on any atom is -0.462 e. The van der Waals surface area contributed by atoms with E-state index in [1.54, 1.807) is 31.2 Å². The molecule has 2 bridgehead atoms. The SMILES string of the molecule is CCOC(=O)/C(C#N)=C/c1ccc(N2C(=O)[C@@H]3[C@@H](C2=O)[C@H]2C[C@H]3C=C2C)cc1. The van der Waals surface area contributed by atoms with Crippen molar-refractivity contribution in [2.75, 3.05) is 11.5 Å². The number of carbonyl (C=O) groups excluding carboxylic acids is 3. The summed E-state index contributed by atoms with van der Waals surface area (Å²) in [5.74, 6) is -1.06. The maximum absolute atomic E-state index is 13.0. The summed E-state index contributed by atoms with van der Waals surface area (Å²) in [6.07, 6.45) is 4.48.